The summed E-state index contributed by atoms with van der Waals surface area (Å²) >= 11 is 6.74. The molecule has 1 heterocycles. The lowest BCUT2D eigenvalue weighted by atomic mass is 10.3. The Morgan fingerprint density at radius 1 is 1.36 bits per heavy atom. The van der Waals surface area contributed by atoms with Crippen molar-refractivity contribution in [2.24, 2.45) is 0 Å². The van der Waals surface area contributed by atoms with E-state index in [0.717, 1.165) is 8.95 Å². The zero-order valence-electron chi connectivity index (χ0n) is 6.95. The maximum atomic E-state index is 5.43. The first-order valence-electron chi connectivity index (χ1n) is 3.81. The van der Waals surface area contributed by atoms with Crippen molar-refractivity contribution in [3.05, 3.63) is 45.6 Å². The Hall–Kier alpha value is -0.810. The van der Waals surface area contributed by atoms with Crippen molar-refractivity contribution in [1.29, 1.82) is 0 Å². The van der Waals surface area contributed by atoms with Crippen LogP contribution in [0.3, 0.4) is 0 Å². The molecular formula is C9H5Br2N2O. The summed E-state index contributed by atoms with van der Waals surface area (Å²) in [5.41, 5.74) is 0. The van der Waals surface area contributed by atoms with Gasteiger partial charge < -0.3 is 4.84 Å². The summed E-state index contributed by atoms with van der Waals surface area (Å²) in [6.07, 6.45) is 4.32. The van der Waals surface area contributed by atoms with Gasteiger partial charge in [0.15, 0.2) is 5.75 Å². The molecule has 0 spiro atoms. The van der Waals surface area contributed by atoms with Crippen molar-refractivity contribution in [2.45, 2.75) is 0 Å². The number of rotatable bonds is 2. The second-order valence-electron chi connectivity index (χ2n) is 2.51. The molecular weight excluding hydrogens is 312 g/mol. The standard InChI is InChI=1S/C9H5Br2N2O/c10-7-2-3-8(11)9(6-7)14-13-5-1-4-12-13/h1-3,5-6H. The zero-order valence-corrected chi connectivity index (χ0v) is 10.1. The van der Waals surface area contributed by atoms with Crippen LogP contribution in [0.4, 0.5) is 0 Å². The number of nitrogens with zero attached hydrogens (tertiary/aromatic N) is 2. The van der Waals surface area contributed by atoms with Gasteiger partial charge in [-0.15, -0.1) is 5.10 Å². The van der Waals surface area contributed by atoms with Gasteiger partial charge in [0, 0.05) is 4.47 Å². The summed E-state index contributed by atoms with van der Waals surface area (Å²) in [5.74, 6) is 0.691. The fourth-order valence-electron chi connectivity index (χ4n) is 0.919. The van der Waals surface area contributed by atoms with E-state index in [-0.39, 0.29) is 0 Å². The van der Waals surface area contributed by atoms with Crippen LogP contribution in [-0.4, -0.2) is 9.94 Å². The normalized spacial score (nSPS) is 10.1. The fourth-order valence-corrected chi connectivity index (χ4v) is 1.58. The minimum atomic E-state index is 0.691. The molecule has 0 saturated heterocycles. The van der Waals surface area contributed by atoms with E-state index in [2.05, 4.69) is 43.2 Å². The van der Waals surface area contributed by atoms with Crippen molar-refractivity contribution >= 4 is 31.9 Å². The quantitative estimate of drug-likeness (QED) is 0.851. The summed E-state index contributed by atoms with van der Waals surface area (Å²) in [6.45, 7) is 0. The Morgan fingerprint density at radius 3 is 2.93 bits per heavy atom. The van der Waals surface area contributed by atoms with Gasteiger partial charge in [0.1, 0.15) is 6.20 Å². The van der Waals surface area contributed by atoms with E-state index < -0.39 is 0 Å². The fraction of sp³-hybridized carbons (Fsp3) is 0. The summed E-state index contributed by atoms with van der Waals surface area (Å²) in [4.78, 5) is 6.77. The third-order valence-electron chi connectivity index (χ3n) is 1.52. The third-order valence-corrected chi connectivity index (χ3v) is 2.67. The van der Waals surface area contributed by atoms with Crippen LogP contribution in [0.5, 0.6) is 5.75 Å². The highest BCUT2D eigenvalue weighted by Crippen LogP contribution is 2.28. The van der Waals surface area contributed by atoms with Gasteiger partial charge in [-0.1, -0.05) is 20.8 Å². The van der Waals surface area contributed by atoms with Gasteiger partial charge in [-0.3, -0.25) is 0 Å². The molecule has 2 rings (SSSR count). The molecule has 0 aliphatic rings. The Balaban J connectivity index is 2.28. The lowest BCUT2D eigenvalue weighted by molar-refractivity contribution is 0.177. The molecule has 0 bridgehead atoms. The molecule has 0 unspecified atom stereocenters. The first-order valence-corrected chi connectivity index (χ1v) is 5.39. The van der Waals surface area contributed by atoms with Crippen molar-refractivity contribution in [3.63, 3.8) is 0 Å². The van der Waals surface area contributed by atoms with E-state index >= 15 is 0 Å². The van der Waals surface area contributed by atoms with Gasteiger partial charge in [-0.2, -0.15) is 0 Å². The average Bonchev–Trinajstić information content (AvgIpc) is 2.64. The zero-order chi connectivity index (χ0) is 9.97. The van der Waals surface area contributed by atoms with Crippen LogP contribution in [0.15, 0.2) is 39.4 Å². The van der Waals surface area contributed by atoms with Crippen LogP contribution in [-0.2, 0) is 0 Å². The van der Waals surface area contributed by atoms with E-state index in [0.29, 0.717) is 5.75 Å². The minimum Gasteiger partial charge on any atom is -0.357 e. The Bertz CT molecular complexity index is 428. The van der Waals surface area contributed by atoms with E-state index in [9.17, 15) is 0 Å². The summed E-state index contributed by atoms with van der Waals surface area (Å²) in [7, 11) is 0. The molecule has 0 atom stereocenters. The summed E-state index contributed by atoms with van der Waals surface area (Å²) in [6, 6.07) is 7.34. The molecule has 5 heteroatoms. The lowest BCUT2D eigenvalue weighted by Crippen LogP contribution is -2.05. The first kappa shape index (κ1) is 9.73. The van der Waals surface area contributed by atoms with E-state index in [1.165, 1.54) is 4.85 Å². The highest BCUT2D eigenvalue weighted by Gasteiger charge is 2.03. The molecule has 71 valence electrons. The van der Waals surface area contributed by atoms with Crippen LogP contribution < -0.4 is 4.84 Å². The number of aromatic nitrogens is 2. The van der Waals surface area contributed by atoms with Gasteiger partial charge in [0.05, 0.1) is 10.7 Å². The Morgan fingerprint density at radius 2 is 2.21 bits per heavy atom. The smallest absolute Gasteiger partial charge is 0.173 e. The molecule has 0 aliphatic carbocycles. The van der Waals surface area contributed by atoms with Crippen molar-refractivity contribution in [2.75, 3.05) is 0 Å². The third kappa shape index (κ3) is 2.16. The second kappa shape index (κ2) is 4.14. The molecule has 1 radical (unpaired) electrons. The molecule has 14 heavy (non-hydrogen) atoms. The number of hydrogen-bond donors (Lipinski definition) is 0. The van der Waals surface area contributed by atoms with Crippen molar-refractivity contribution < 1.29 is 4.84 Å². The SMILES string of the molecule is Brc1ccc(Br)c(On2cc[c]n2)c1. The van der Waals surface area contributed by atoms with E-state index in [1.54, 1.807) is 12.3 Å². The van der Waals surface area contributed by atoms with Gasteiger partial charge in [0.2, 0.25) is 0 Å². The highest BCUT2D eigenvalue weighted by atomic mass is 79.9. The van der Waals surface area contributed by atoms with Gasteiger partial charge in [-0.25, -0.2) is 0 Å². The van der Waals surface area contributed by atoms with E-state index in [1.807, 2.05) is 18.2 Å². The molecule has 0 aliphatic heterocycles. The van der Waals surface area contributed by atoms with Gasteiger partial charge in [-0.05, 0) is 40.2 Å². The first-order chi connectivity index (χ1) is 6.75. The summed E-state index contributed by atoms with van der Waals surface area (Å²) in [5, 5.41) is 3.82. The molecule has 1 aromatic carbocycles. The largest absolute Gasteiger partial charge is 0.357 e. The Labute approximate surface area is 97.9 Å². The Kier molecular flexibility index (Phi) is 2.88. The molecule has 0 saturated carbocycles. The highest BCUT2D eigenvalue weighted by molar-refractivity contribution is 9.11. The average molecular weight is 317 g/mol. The summed E-state index contributed by atoms with van der Waals surface area (Å²) < 4.78 is 1.82. The van der Waals surface area contributed by atoms with Crippen LogP contribution in [0.25, 0.3) is 0 Å². The topological polar surface area (TPSA) is 27.1 Å². The van der Waals surface area contributed by atoms with Crippen LogP contribution >= 0.6 is 31.9 Å². The van der Waals surface area contributed by atoms with Crippen molar-refractivity contribution in [3.8, 4) is 5.75 Å². The van der Waals surface area contributed by atoms with Gasteiger partial charge >= 0.3 is 0 Å². The van der Waals surface area contributed by atoms with Gasteiger partial charge in [0.25, 0.3) is 0 Å². The predicted octanol–water partition coefficient (Wildman–Crippen LogP) is 3.05. The minimum absolute atomic E-state index is 0.691. The van der Waals surface area contributed by atoms with Crippen LogP contribution in [0.2, 0.25) is 0 Å². The monoisotopic (exact) mass is 315 g/mol. The number of halogens is 2. The predicted molar refractivity (Wildman–Crippen MR) is 58.9 cm³/mol. The molecule has 3 nitrogen and oxygen atoms in total. The van der Waals surface area contributed by atoms with Crippen molar-refractivity contribution in [1.82, 2.24) is 9.94 Å². The number of hydrogen-bond acceptors (Lipinski definition) is 2. The molecule has 0 amide bonds. The maximum Gasteiger partial charge on any atom is 0.173 e. The number of benzene rings is 1. The second-order valence-corrected chi connectivity index (χ2v) is 4.28. The van der Waals surface area contributed by atoms with Crippen LogP contribution in [0.1, 0.15) is 0 Å². The lowest BCUT2D eigenvalue weighted by Gasteiger charge is -2.06. The van der Waals surface area contributed by atoms with E-state index in [4.69, 9.17) is 4.84 Å². The molecule has 1 aromatic heterocycles. The van der Waals surface area contributed by atoms with Crippen LogP contribution in [0, 0.1) is 6.20 Å². The maximum absolute atomic E-state index is 5.43. The molecule has 0 N–H and O–H groups in total. The molecule has 0 fully saturated rings. The molecule has 2 aromatic rings.